The number of fused-ring (bicyclic) bond motifs is 2. The van der Waals surface area contributed by atoms with Gasteiger partial charge in [0.15, 0.2) is 5.60 Å². The van der Waals surface area contributed by atoms with Gasteiger partial charge in [0.1, 0.15) is 17.6 Å². The van der Waals surface area contributed by atoms with Crippen LogP contribution in [0.15, 0.2) is 29.4 Å². The van der Waals surface area contributed by atoms with Crippen molar-refractivity contribution in [2.75, 3.05) is 11.4 Å². The maximum Gasteiger partial charge on any atom is 0.204 e. The van der Waals surface area contributed by atoms with Crippen LogP contribution in [-0.2, 0) is 0 Å². The van der Waals surface area contributed by atoms with Crippen LogP contribution in [0.5, 0.6) is 0 Å². The van der Waals surface area contributed by atoms with Crippen molar-refractivity contribution in [3.63, 3.8) is 0 Å². The smallest absolute Gasteiger partial charge is 0.204 e. The van der Waals surface area contributed by atoms with Crippen molar-refractivity contribution in [2.45, 2.75) is 32.8 Å². The van der Waals surface area contributed by atoms with Crippen molar-refractivity contribution < 1.29 is 9.90 Å². The van der Waals surface area contributed by atoms with Crippen LogP contribution in [0.3, 0.4) is 0 Å². The van der Waals surface area contributed by atoms with Crippen LogP contribution >= 0.6 is 0 Å². The molecule has 1 atom stereocenters. The van der Waals surface area contributed by atoms with Crippen molar-refractivity contribution in [3.05, 3.63) is 52.3 Å². The summed E-state index contributed by atoms with van der Waals surface area (Å²) in [7, 11) is 0. The molecule has 0 aliphatic carbocycles. The number of ketones is 1. The van der Waals surface area contributed by atoms with Crippen molar-refractivity contribution >= 4 is 23.0 Å². The van der Waals surface area contributed by atoms with Crippen LogP contribution in [0.2, 0.25) is 0 Å². The molecule has 2 aromatic rings. The number of aryl methyl sites for hydroxylation is 3. The number of aliphatic imine (C=N–C) groups is 1. The molecule has 0 radical (unpaired) electrons. The Hall–Kier alpha value is -3.04. The van der Waals surface area contributed by atoms with Gasteiger partial charge in [0.2, 0.25) is 5.78 Å². The maximum absolute atomic E-state index is 13.0. The molecule has 26 heavy (non-hydrogen) atoms. The Morgan fingerprint density at radius 2 is 1.92 bits per heavy atom. The first-order valence-corrected chi connectivity index (χ1v) is 8.47. The number of hydrogen-bond donors (Lipinski definition) is 1. The third-order valence-corrected chi connectivity index (χ3v) is 5.26. The molecule has 1 fully saturated rings. The summed E-state index contributed by atoms with van der Waals surface area (Å²) in [6.45, 7) is 6.19. The molecule has 1 saturated heterocycles. The molecule has 1 unspecified atom stereocenters. The molecule has 0 spiro atoms. The van der Waals surface area contributed by atoms with Crippen LogP contribution < -0.4 is 4.90 Å². The molecule has 1 N–H and O–H groups in total. The van der Waals surface area contributed by atoms with Crippen LogP contribution in [0.4, 0.5) is 11.4 Å². The standard InChI is InChI=1S/C20H18N4O2/c1-11-7-15-16(8-12(11)2)23-19-20(26,18(15)25)4-5-24(19)14-6-13(3)17(9-21)22-10-14/h6-8,10,26H,4-5H2,1-3H3. The van der Waals surface area contributed by atoms with Crippen molar-refractivity contribution in [1.82, 2.24) is 4.98 Å². The first-order valence-electron chi connectivity index (χ1n) is 8.47. The van der Waals surface area contributed by atoms with Gasteiger partial charge in [-0.15, -0.1) is 0 Å². The molecule has 0 amide bonds. The molecule has 0 saturated carbocycles. The van der Waals surface area contributed by atoms with Gasteiger partial charge >= 0.3 is 0 Å². The van der Waals surface area contributed by atoms with Gasteiger partial charge in [-0.2, -0.15) is 5.26 Å². The Kier molecular flexibility index (Phi) is 3.46. The maximum atomic E-state index is 13.0. The fourth-order valence-corrected chi connectivity index (χ4v) is 3.57. The normalized spacial score (nSPS) is 21.1. The summed E-state index contributed by atoms with van der Waals surface area (Å²) in [5, 5.41) is 20.2. The summed E-state index contributed by atoms with van der Waals surface area (Å²) in [6, 6.07) is 7.57. The summed E-state index contributed by atoms with van der Waals surface area (Å²) in [4.78, 5) is 23.6. The predicted octanol–water partition coefficient (Wildman–Crippen LogP) is 2.75. The Bertz CT molecular complexity index is 1030. The molecule has 4 rings (SSSR count). The highest BCUT2D eigenvalue weighted by molar-refractivity contribution is 6.28. The molecule has 6 heteroatoms. The van der Waals surface area contributed by atoms with Crippen molar-refractivity contribution in [1.29, 1.82) is 5.26 Å². The van der Waals surface area contributed by atoms with Gasteiger partial charge < -0.3 is 10.0 Å². The number of rotatable bonds is 1. The summed E-state index contributed by atoms with van der Waals surface area (Å²) >= 11 is 0. The van der Waals surface area contributed by atoms with E-state index in [0.29, 0.717) is 29.3 Å². The van der Waals surface area contributed by atoms with Crippen LogP contribution in [0, 0.1) is 32.1 Å². The van der Waals surface area contributed by atoms with E-state index in [4.69, 9.17) is 5.26 Å². The van der Waals surface area contributed by atoms with Crippen LogP contribution in [0.25, 0.3) is 0 Å². The Labute approximate surface area is 151 Å². The third kappa shape index (κ3) is 2.18. The number of nitriles is 1. The number of nitrogens with zero attached hydrogens (tertiary/aromatic N) is 4. The third-order valence-electron chi connectivity index (χ3n) is 5.26. The molecule has 2 aliphatic rings. The second kappa shape index (κ2) is 5.48. The number of hydrogen-bond acceptors (Lipinski definition) is 6. The van der Waals surface area contributed by atoms with E-state index in [1.807, 2.05) is 43.9 Å². The van der Waals surface area contributed by atoms with Gasteiger partial charge in [0.25, 0.3) is 0 Å². The minimum Gasteiger partial charge on any atom is -0.374 e. The Morgan fingerprint density at radius 3 is 2.62 bits per heavy atom. The number of aromatic nitrogens is 1. The molecule has 1 aromatic heterocycles. The first kappa shape index (κ1) is 16.4. The van der Waals surface area contributed by atoms with Crippen molar-refractivity contribution in [3.8, 4) is 6.07 Å². The van der Waals surface area contributed by atoms with E-state index < -0.39 is 5.60 Å². The van der Waals surface area contributed by atoms with Gasteiger partial charge in [-0.1, -0.05) is 0 Å². The van der Waals surface area contributed by atoms with Gasteiger partial charge in [0.05, 0.1) is 17.6 Å². The van der Waals surface area contributed by atoms with E-state index in [1.54, 1.807) is 12.3 Å². The van der Waals surface area contributed by atoms with Gasteiger partial charge in [-0.25, -0.2) is 9.98 Å². The lowest BCUT2D eigenvalue weighted by Crippen LogP contribution is -2.48. The first-order chi connectivity index (χ1) is 12.3. The quantitative estimate of drug-likeness (QED) is 0.857. The van der Waals surface area contributed by atoms with E-state index in [2.05, 4.69) is 9.98 Å². The molecule has 2 aliphatic heterocycles. The van der Waals surface area contributed by atoms with Crippen molar-refractivity contribution in [2.24, 2.45) is 4.99 Å². The lowest BCUT2D eigenvalue weighted by molar-refractivity contribution is 0.0602. The van der Waals surface area contributed by atoms with E-state index in [0.717, 1.165) is 22.4 Å². The van der Waals surface area contributed by atoms with Gasteiger partial charge in [-0.05, 0) is 55.7 Å². The zero-order valence-electron chi connectivity index (χ0n) is 14.9. The summed E-state index contributed by atoms with van der Waals surface area (Å²) < 4.78 is 0. The van der Waals surface area contributed by atoms with E-state index in [9.17, 15) is 9.90 Å². The average Bonchev–Trinajstić information content (AvgIpc) is 2.95. The highest BCUT2D eigenvalue weighted by Gasteiger charge is 2.52. The minimum absolute atomic E-state index is 0.274. The lowest BCUT2D eigenvalue weighted by Gasteiger charge is -2.30. The molecular weight excluding hydrogens is 328 g/mol. The molecular formula is C20H18N4O2. The molecule has 1 aromatic carbocycles. The largest absolute Gasteiger partial charge is 0.374 e. The second-order valence-electron chi connectivity index (χ2n) is 6.95. The van der Waals surface area contributed by atoms with Gasteiger partial charge in [0, 0.05) is 18.5 Å². The Morgan fingerprint density at radius 1 is 1.19 bits per heavy atom. The molecule has 0 bridgehead atoms. The van der Waals surface area contributed by atoms with Gasteiger partial charge in [-0.3, -0.25) is 4.79 Å². The number of anilines is 1. The average molecular weight is 346 g/mol. The fourth-order valence-electron chi connectivity index (χ4n) is 3.57. The number of amidine groups is 1. The Balaban J connectivity index is 1.86. The second-order valence-corrected chi connectivity index (χ2v) is 6.95. The summed E-state index contributed by atoms with van der Waals surface area (Å²) in [5.74, 6) is 0.0330. The van der Waals surface area contributed by atoms with E-state index in [-0.39, 0.29) is 12.2 Å². The predicted molar refractivity (Wildman–Crippen MR) is 97.9 cm³/mol. The van der Waals surface area contributed by atoms with Crippen LogP contribution in [0.1, 0.15) is 39.2 Å². The summed E-state index contributed by atoms with van der Waals surface area (Å²) in [6.07, 6.45) is 1.86. The van der Waals surface area contributed by atoms with E-state index >= 15 is 0 Å². The number of benzene rings is 1. The molecule has 3 heterocycles. The number of carbonyl (C=O) groups is 1. The number of Topliss-reactive ketones (excluding diaryl/α,β-unsaturated/α-hetero) is 1. The SMILES string of the molecule is Cc1cc2c(cc1C)C(=O)C1(O)CCN(c3cnc(C#N)c(C)c3)C1=N2. The highest BCUT2D eigenvalue weighted by Crippen LogP contribution is 2.40. The molecule has 6 nitrogen and oxygen atoms in total. The molecule has 130 valence electrons. The summed E-state index contributed by atoms with van der Waals surface area (Å²) in [5.41, 5.74) is 3.31. The zero-order valence-corrected chi connectivity index (χ0v) is 14.9. The highest BCUT2D eigenvalue weighted by atomic mass is 16.3. The van der Waals surface area contributed by atoms with Crippen LogP contribution in [-0.4, -0.2) is 33.9 Å². The zero-order chi connectivity index (χ0) is 18.6. The topological polar surface area (TPSA) is 89.6 Å². The minimum atomic E-state index is -1.61. The number of carbonyl (C=O) groups excluding carboxylic acids is 1. The fraction of sp³-hybridized carbons (Fsp3) is 0.300. The van der Waals surface area contributed by atoms with E-state index in [1.165, 1.54) is 0 Å². The lowest BCUT2D eigenvalue weighted by atomic mass is 9.86. The monoisotopic (exact) mass is 346 g/mol. The number of pyridine rings is 1. The number of aliphatic hydroxyl groups is 1.